The zero-order valence-corrected chi connectivity index (χ0v) is 10.1. The van der Waals surface area contributed by atoms with Crippen molar-refractivity contribution in [3.63, 3.8) is 0 Å². The topological polar surface area (TPSA) is 15.3 Å². The maximum absolute atomic E-state index is 3.50. The highest BCUT2D eigenvalue weighted by molar-refractivity contribution is 8.00. The molecule has 82 valence electrons. The standard InChI is InChI=1S/C11H22N2S/c1-9-6-11(8-14-9)13(2)10-4-3-5-12-7-10/h9-12H,3-8H2,1-2H3. The van der Waals surface area contributed by atoms with Gasteiger partial charge in [0, 0.05) is 29.6 Å². The number of nitrogens with zero attached hydrogens (tertiary/aromatic N) is 1. The van der Waals surface area contributed by atoms with Crippen molar-refractivity contribution < 1.29 is 0 Å². The molecular formula is C11H22N2S. The summed E-state index contributed by atoms with van der Waals surface area (Å²) in [4.78, 5) is 2.63. The summed E-state index contributed by atoms with van der Waals surface area (Å²) in [5.74, 6) is 1.34. The van der Waals surface area contributed by atoms with Crippen LogP contribution in [0.4, 0.5) is 0 Å². The van der Waals surface area contributed by atoms with Crippen LogP contribution in [0.2, 0.25) is 0 Å². The molecule has 3 heteroatoms. The Morgan fingerprint density at radius 2 is 2.21 bits per heavy atom. The third-order valence-electron chi connectivity index (χ3n) is 3.60. The summed E-state index contributed by atoms with van der Waals surface area (Å²) in [6.07, 6.45) is 4.13. The Labute approximate surface area is 91.8 Å². The maximum atomic E-state index is 3.50. The van der Waals surface area contributed by atoms with Crippen molar-refractivity contribution in [2.45, 2.75) is 43.5 Å². The van der Waals surface area contributed by atoms with Crippen LogP contribution in [-0.4, -0.2) is 48.1 Å². The fraction of sp³-hybridized carbons (Fsp3) is 1.00. The highest BCUT2D eigenvalue weighted by atomic mass is 32.2. The lowest BCUT2D eigenvalue weighted by Crippen LogP contribution is -2.48. The van der Waals surface area contributed by atoms with E-state index in [1.165, 1.54) is 38.1 Å². The van der Waals surface area contributed by atoms with E-state index in [9.17, 15) is 0 Å². The molecule has 2 aliphatic heterocycles. The summed E-state index contributed by atoms with van der Waals surface area (Å²) in [5.41, 5.74) is 0. The Bertz CT molecular complexity index is 175. The molecule has 0 saturated carbocycles. The normalized spacial score (nSPS) is 39.2. The monoisotopic (exact) mass is 214 g/mol. The molecule has 2 saturated heterocycles. The molecule has 3 unspecified atom stereocenters. The summed E-state index contributed by atoms with van der Waals surface area (Å²) in [6, 6.07) is 1.62. The minimum absolute atomic E-state index is 0.791. The van der Waals surface area contributed by atoms with Crippen LogP contribution in [0.3, 0.4) is 0 Å². The molecule has 2 heterocycles. The highest BCUT2D eigenvalue weighted by Gasteiger charge is 2.29. The van der Waals surface area contributed by atoms with Crippen LogP contribution in [0, 0.1) is 0 Å². The van der Waals surface area contributed by atoms with Crippen LogP contribution in [0.5, 0.6) is 0 Å². The van der Waals surface area contributed by atoms with Gasteiger partial charge in [-0.2, -0.15) is 11.8 Å². The zero-order chi connectivity index (χ0) is 9.97. The van der Waals surface area contributed by atoms with Crippen LogP contribution < -0.4 is 5.32 Å². The van der Waals surface area contributed by atoms with E-state index in [2.05, 4.69) is 35.9 Å². The lowest BCUT2D eigenvalue weighted by atomic mass is 10.0. The minimum atomic E-state index is 0.791. The van der Waals surface area contributed by atoms with Crippen molar-refractivity contribution in [2.24, 2.45) is 0 Å². The molecule has 0 aromatic carbocycles. The third-order valence-corrected chi connectivity index (χ3v) is 4.94. The molecule has 0 aliphatic carbocycles. The number of piperidine rings is 1. The van der Waals surface area contributed by atoms with Crippen molar-refractivity contribution in [3.8, 4) is 0 Å². The van der Waals surface area contributed by atoms with Gasteiger partial charge in [-0.05, 0) is 32.9 Å². The smallest absolute Gasteiger partial charge is 0.0221 e. The van der Waals surface area contributed by atoms with E-state index in [1.54, 1.807) is 0 Å². The van der Waals surface area contributed by atoms with Crippen molar-refractivity contribution >= 4 is 11.8 Å². The van der Waals surface area contributed by atoms with Crippen molar-refractivity contribution in [2.75, 3.05) is 25.9 Å². The number of likely N-dealkylation sites (N-methyl/N-ethyl adjacent to an activating group) is 1. The Morgan fingerprint density at radius 1 is 1.36 bits per heavy atom. The van der Waals surface area contributed by atoms with Gasteiger partial charge >= 0.3 is 0 Å². The van der Waals surface area contributed by atoms with Gasteiger partial charge in [0.2, 0.25) is 0 Å². The van der Waals surface area contributed by atoms with Gasteiger partial charge in [-0.25, -0.2) is 0 Å². The predicted molar refractivity (Wildman–Crippen MR) is 64.0 cm³/mol. The van der Waals surface area contributed by atoms with E-state index in [4.69, 9.17) is 0 Å². The average Bonchev–Trinajstić information content (AvgIpc) is 2.65. The van der Waals surface area contributed by atoms with Crippen LogP contribution >= 0.6 is 11.8 Å². The molecule has 0 radical (unpaired) electrons. The van der Waals surface area contributed by atoms with Gasteiger partial charge in [-0.3, -0.25) is 4.90 Å². The average molecular weight is 214 g/mol. The predicted octanol–water partition coefficient (Wildman–Crippen LogP) is 1.56. The number of nitrogens with one attached hydrogen (secondary N) is 1. The molecule has 0 spiro atoms. The summed E-state index contributed by atoms with van der Waals surface area (Å²) in [5, 5.41) is 4.38. The molecule has 2 aliphatic rings. The van der Waals surface area contributed by atoms with E-state index in [-0.39, 0.29) is 0 Å². The molecule has 3 atom stereocenters. The number of rotatable bonds is 2. The Hall–Kier alpha value is 0.270. The van der Waals surface area contributed by atoms with E-state index in [0.29, 0.717) is 0 Å². The summed E-state index contributed by atoms with van der Waals surface area (Å²) >= 11 is 2.14. The first-order valence-electron chi connectivity index (χ1n) is 5.81. The number of thioether (sulfide) groups is 1. The first-order valence-corrected chi connectivity index (χ1v) is 6.86. The maximum Gasteiger partial charge on any atom is 0.0221 e. The van der Waals surface area contributed by atoms with Gasteiger partial charge in [-0.15, -0.1) is 0 Å². The SMILES string of the molecule is CC1CC(N(C)C2CCCNC2)CS1. The highest BCUT2D eigenvalue weighted by Crippen LogP contribution is 2.30. The second-order valence-corrected chi connectivity index (χ2v) is 6.17. The van der Waals surface area contributed by atoms with Crippen molar-refractivity contribution in [1.82, 2.24) is 10.2 Å². The molecule has 0 aromatic rings. The summed E-state index contributed by atoms with van der Waals surface area (Å²) in [6.45, 7) is 4.78. The van der Waals surface area contributed by atoms with E-state index in [1.807, 2.05) is 0 Å². The Morgan fingerprint density at radius 3 is 2.79 bits per heavy atom. The first kappa shape index (κ1) is 10.8. The largest absolute Gasteiger partial charge is 0.315 e. The first-order chi connectivity index (χ1) is 6.77. The Kier molecular flexibility index (Phi) is 3.74. The molecule has 1 N–H and O–H groups in total. The van der Waals surface area contributed by atoms with Crippen LogP contribution in [0.15, 0.2) is 0 Å². The Balaban J connectivity index is 1.84. The van der Waals surface area contributed by atoms with E-state index >= 15 is 0 Å². The summed E-state index contributed by atoms with van der Waals surface area (Å²) in [7, 11) is 2.32. The minimum Gasteiger partial charge on any atom is -0.315 e. The van der Waals surface area contributed by atoms with Crippen molar-refractivity contribution in [1.29, 1.82) is 0 Å². The van der Waals surface area contributed by atoms with Crippen molar-refractivity contribution in [3.05, 3.63) is 0 Å². The van der Waals surface area contributed by atoms with Gasteiger partial charge in [0.1, 0.15) is 0 Å². The van der Waals surface area contributed by atoms with Gasteiger partial charge in [0.15, 0.2) is 0 Å². The van der Waals surface area contributed by atoms with Gasteiger partial charge < -0.3 is 5.32 Å². The number of hydrogen-bond donors (Lipinski definition) is 1. The molecule has 0 bridgehead atoms. The van der Waals surface area contributed by atoms with E-state index < -0.39 is 0 Å². The van der Waals surface area contributed by atoms with Crippen LogP contribution in [0.25, 0.3) is 0 Å². The van der Waals surface area contributed by atoms with Crippen LogP contribution in [-0.2, 0) is 0 Å². The van der Waals surface area contributed by atoms with E-state index in [0.717, 1.165) is 17.3 Å². The second kappa shape index (κ2) is 4.86. The molecule has 2 rings (SSSR count). The molecule has 0 amide bonds. The molecular weight excluding hydrogens is 192 g/mol. The summed E-state index contributed by atoms with van der Waals surface area (Å²) < 4.78 is 0. The zero-order valence-electron chi connectivity index (χ0n) is 9.33. The van der Waals surface area contributed by atoms with Gasteiger partial charge in [-0.1, -0.05) is 6.92 Å². The fourth-order valence-corrected chi connectivity index (χ4v) is 3.84. The molecule has 14 heavy (non-hydrogen) atoms. The molecule has 2 nitrogen and oxygen atoms in total. The van der Waals surface area contributed by atoms with Crippen LogP contribution in [0.1, 0.15) is 26.2 Å². The number of hydrogen-bond acceptors (Lipinski definition) is 3. The lowest BCUT2D eigenvalue weighted by molar-refractivity contribution is 0.156. The molecule has 0 aromatic heterocycles. The third kappa shape index (κ3) is 2.44. The second-order valence-electron chi connectivity index (χ2n) is 4.70. The quantitative estimate of drug-likeness (QED) is 0.751. The van der Waals surface area contributed by atoms with Gasteiger partial charge in [0.05, 0.1) is 0 Å². The fourth-order valence-electron chi connectivity index (χ4n) is 2.56. The van der Waals surface area contributed by atoms with Gasteiger partial charge in [0.25, 0.3) is 0 Å². The lowest BCUT2D eigenvalue weighted by Gasteiger charge is -2.35. The molecule has 2 fully saturated rings.